The van der Waals surface area contributed by atoms with Gasteiger partial charge < -0.3 is 15.2 Å². The Morgan fingerprint density at radius 1 is 1.25 bits per heavy atom. The molecule has 0 aliphatic carbocycles. The third-order valence-corrected chi connectivity index (χ3v) is 3.05. The molecular weight excluding hydrogens is 319 g/mol. The predicted molar refractivity (Wildman–Crippen MR) is 84.3 cm³/mol. The number of hydroxylamine groups is 2. The number of likely N-dealkylation sites (N-methyl/N-ethyl adjacent to an activating group) is 1. The molecule has 0 fully saturated rings. The number of carbonyl (C=O) groups excluding carboxylic acids is 2. The van der Waals surface area contributed by atoms with Crippen molar-refractivity contribution in [1.82, 2.24) is 10.4 Å². The van der Waals surface area contributed by atoms with Crippen molar-refractivity contribution in [3.63, 3.8) is 0 Å². The highest BCUT2D eigenvalue weighted by atomic mass is 19.1. The Balaban J connectivity index is 3.02. The van der Waals surface area contributed by atoms with Crippen LogP contribution >= 0.6 is 0 Å². The zero-order chi connectivity index (χ0) is 18.5. The van der Waals surface area contributed by atoms with Crippen molar-refractivity contribution in [2.75, 3.05) is 14.2 Å². The average molecular weight is 342 g/mol. The number of amides is 2. The molecule has 0 spiro atoms. The maximum absolute atomic E-state index is 13.0. The van der Waals surface area contributed by atoms with Crippen LogP contribution in [0.2, 0.25) is 0 Å². The molecule has 0 aromatic heterocycles. The van der Waals surface area contributed by atoms with Gasteiger partial charge in [0.2, 0.25) is 0 Å². The molecule has 7 nitrogen and oxygen atoms in total. The summed E-state index contributed by atoms with van der Waals surface area (Å²) in [5, 5.41) is 13.6. The lowest BCUT2D eigenvalue weighted by Crippen LogP contribution is -2.51. The number of benzene rings is 1. The molecule has 0 saturated carbocycles. The van der Waals surface area contributed by atoms with E-state index in [1.54, 1.807) is 20.8 Å². The number of ether oxygens (including phenoxy) is 1. The van der Waals surface area contributed by atoms with E-state index < -0.39 is 35.6 Å². The Bertz CT molecular complexity index is 571. The predicted octanol–water partition coefficient (Wildman–Crippen LogP) is 1.77. The van der Waals surface area contributed by atoms with Gasteiger partial charge in [-0.15, -0.1) is 0 Å². The highest BCUT2D eigenvalue weighted by Gasteiger charge is 2.33. The summed E-state index contributed by atoms with van der Waals surface area (Å²) in [6, 6.07) is 3.57. The maximum Gasteiger partial charge on any atom is 0.408 e. The number of hydrogen-bond donors (Lipinski definition) is 2. The summed E-state index contributed by atoms with van der Waals surface area (Å²) in [7, 11) is 2.61. The normalized spacial score (nSPS) is 13.8. The van der Waals surface area contributed by atoms with Crippen LogP contribution in [0, 0.1) is 5.82 Å². The summed E-state index contributed by atoms with van der Waals surface area (Å²) >= 11 is 0. The molecule has 1 aromatic carbocycles. The summed E-state index contributed by atoms with van der Waals surface area (Å²) in [5.74, 6) is -1.18. The van der Waals surface area contributed by atoms with Gasteiger partial charge in [0, 0.05) is 7.05 Å². The van der Waals surface area contributed by atoms with Gasteiger partial charge in [-0.05, 0) is 38.5 Å². The minimum Gasteiger partial charge on any atom is -0.444 e. The Kier molecular flexibility index (Phi) is 6.68. The smallest absolute Gasteiger partial charge is 0.408 e. The third kappa shape index (κ3) is 5.78. The van der Waals surface area contributed by atoms with Crippen LogP contribution in [0.4, 0.5) is 9.18 Å². The third-order valence-electron chi connectivity index (χ3n) is 3.05. The number of carbonyl (C=O) groups is 2. The van der Waals surface area contributed by atoms with Crippen molar-refractivity contribution in [2.45, 2.75) is 38.5 Å². The van der Waals surface area contributed by atoms with Crippen molar-refractivity contribution in [1.29, 1.82) is 0 Å². The van der Waals surface area contributed by atoms with Crippen LogP contribution in [0.1, 0.15) is 32.4 Å². The Hall–Kier alpha value is -2.19. The SMILES string of the molecule is CON(C)C(=O)[C@H](NC(=O)OC(C)(C)C)[C@@H](O)c1ccc(F)cc1. The standard InChI is InChI=1S/C16H23FN2O5/c1-16(2,3)24-15(22)18-12(14(21)19(4)23-5)13(20)10-6-8-11(17)9-7-10/h6-9,12-13,20H,1-5H3,(H,18,22)/t12-,13+/m1/s1. The number of halogens is 1. The van der Waals surface area contributed by atoms with Gasteiger partial charge in [-0.25, -0.2) is 14.2 Å². The zero-order valence-electron chi connectivity index (χ0n) is 14.4. The highest BCUT2D eigenvalue weighted by molar-refractivity contribution is 5.85. The molecule has 0 aliphatic rings. The Morgan fingerprint density at radius 3 is 2.25 bits per heavy atom. The van der Waals surface area contributed by atoms with Crippen molar-refractivity contribution in [3.8, 4) is 0 Å². The molecule has 0 unspecified atom stereocenters. The van der Waals surface area contributed by atoms with Crippen LogP contribution in [0.15, 0.2) is 24.3 Å². The fourth-order valence-corrected chi connectivity index (χ4v) is 1.85. The van der Waals surface area contributed by atoms with Gasteiger partial charge in [-0.1, -0.05) is 12.1 Å². The van der Waals surface area contributed by atoms with Gasteiger partial charge in [0.25, 0.3) is 5.91 Å². The lowest BCUT2D eigenvalue weighted by Gasteiger charge is -2.28. The molecule has 24 heavy (non-hydrogen) atoms. The monoisotopic (exact) mass is 342 g/mol. The van der Waals surface area contributed by atoms with Gasteiger partial charge in [0.15, 0.2) is 0 Å². The summed E-state index contributed by atoms with van der Waals surface area (Å²) in [5.41, 5.74) is -0.513. The summed E-state index contributed by atoms with van der Waals surface area (Å²) in [4.78, 5) is 29.1. The van der Waals surface area contributed by atoms with Gasteiger partial charge in [-0.3, -0.25) is 9.63 Å². The van der Waals surface area contributed by atoms with E-state index >= 15 is 0 Å². The van der Waals surface area contributed by atoms with Crippen molar-refractivity contribution in [3.05, 3.63) is 35.6 Å². The van der Waals surface area contributed by atoms with E-state index in [4.69, 9.17) is 9.57 Å². The second-order valence-corrected chi connectivity index (χ2v) is 6.14. The van der Waals surface area contributed by atoms with Crippen molar-refractivity contribution in [2.24, 2.45) is 0 Å². The Morgan fingerprint density at radius 2 is 1.79 bits per heavy atom. The molecule has 1 aromatic rings. The molecule has 0 aliphatic heterocycles. The molecule has 0 heterocycles. The molecule has 0 radical (unpaired) electrons. The molecule has 1 rings (SSSR count). The number of rotatable bonds is 5. The zero-order valence-corrected chi connectivity index (χ0v) is 14.4. The molecule has 134 valence electrons. The van der Waals surface area contributed by atoms with Gasteiger partial charge in [0.1, 0.15) is 23.6 Å². The topological polar surface area (TPSA) is 88.1 Å². The van der Waals surface area contributed by atoms with E-state index in [1.807, 2.05) is 0 Å². The van der Waals surface area contributed by atoms with Crippen molar-refractivity contribution < 1.29 is 28.7 Å². The molecule has 2 N–H and O–H groups in total. The lowest BCUT2D eigenvalue weighted by atomic mass is 10.0. The van der Waals surface area contributed by atoms with E-state index in [9.17, 15) is 19.1 Å². The van der Waals surface area contributed by atoms with Crippen LogP contribution < -0.4 is 5.32 Å². The number of nitrogens with zero attached hydrogens (tertiary/aromatic N) is 1. The van der Waals surface area contributed by atoms with Crippen LogP contribution in [0.3, 0.4) is 0 Å². The first-order chi connectivity index (χ1) is 11.0. The fourth-order valence-electron chi connectivity index (χ4n) is 1.85. The molecule has 0 saturated heterocycles. The second kappa shape index (κ2) is 8.07. The van der Waals surface area contributed by atoms with Gasteiger partial charge in [0.05, 0.1) is 7.11 Å². The van der Waals surface area contributed by atoms with Crippen molar-refractivity contribution >= 4 is 12.0 Å². The first-order valence-electron chi connectivity index (χ1n) is 7.30. The lowest BCUT2D eigenvalue weighted by molar-refractivity contribution is -0.173. The molecular formula is C16H23FN2O5. The van der Waals surface area contributed by atoms with E-state index in [0.29, 0.717) is 0 Å². The minimum atomic E-state index is -1.41. The van der Waals surface area contributed by atoms with Gasteiger partial charge >= 0.3 is 6.09 Å². The summed E-state index contributed by atoms with van der Waals surface area (Å²) in [6.07, 6.45) is -2.28. The largest absolute Gasteiger partial charge is 0.444 e. The maximum atomic E-state index is 13.0. The average Bonchev–Trinajstić information content (AvgIpc) is 2.49. The number of alkyl carbamates (subject to hydrolysis) is 1. The van der Waals surface area contributed by atoms with E-state index in [1.165, 1.54) is 26.3 Å². The van der Waals surface area contributed by atoms with Crippen LogP contribution in [0.25, 0.3) is 0 Å². The minimum absolute atomic E-state index is 0.260. The molecule has 8 heteroatoms. The van der Waals surface area contributed by atoms with Crippen LogP contribution in [-0.2, 0) is 14.4 Å². The Labute approximate surface area is 140 Å². The quantitative estimate of drug-likeness (QED) is 0.796. The summed E-state index contributed by atoms with van der Waals surface area (Å²) < 4.78 is 18.1. The first kappa shape index (κ1) is 19.9. The fraction of sp³-hybridized carbons (Fsp3) is 0.500. The van der Waals surface area contributed by atoms with E-state index in [0.717, 1.165) is 17.2 Å². The number of nitrogens with one attached hydrogen (secondary N) is 1. The number of hydrogen-bond acceptors (Lipinski definition) is 5. The summed E-state index contributed by atoms with van der Waals surface area (Å²) in [6.45, 7) is 5.00. The van der Waals surface area contributed by atoms with E-state index in [-0.39, 0.29) is 5.56 Å². The molecule has 2 atom stereocenters. The number of aliphatic hydroxyl groups excluding tert-OH is 1. The molecule has 2 amide bonds. The van der Waals surface area contributed by atoms with Gasteiger partial charge in [-0.2, -0.15) is 0 Å². The van der Waals surface area contributed by atoms with Crippen LogP contribution in [0.5, 0.6) is 0 Å². The van der Waals surface area contributed by atoms with E-state index in [2.05, 4.69) is 5.32 Å². The second-order valence-electron chi connectivity index (χ2n) is 6.14. The van der Waals surface area contributed by atoms with Crippen LogP contribution in [-0.4, -0.2) is 48.0 Å². The highest BCUT2D eigenvalue weighted by Crippen LogP contribution is 2.19. The number of aliphatic hydroxyl groups is 1. The molecule has 0 bridgehead atoms. The first-order valence-corrected chi connectivity index (χ1v) is 7.30.